The van der Waals surface area contributed by atoms with Crippen molar-refractivity contribution in [3.63, 3.8) is 0 Å². The quantitative estimate of drug-likeness (QED) is 0.403. The Bertz CT molecular complexity index is 834. The highest BCUT2D eigenvalue weighted by atomic mass is 16.5. The van der Waals surface area contributed by atoms with Crippen molar-refractivity contribution in [3.8, 4) is 5.75 Å². The van der Waals surface area contributed by atoms with Crippen LogP contribution in [0.5, 0.6) is 5.75 Å². The van der Waals surface area contributed by atoms with Crippen LogP contribution in [0.25, 0.3) is 6.08 Å². The van der Waals surface area contributed by atoms with Gasteiger partial charge in [0.25, 0.3) is 0 Å². The molecule has 0 aliphatic heterocycles. The normalized spacial score (nSPS) is 14.8. The van der Waals surface area contributed by atoms with Crippen molar-refractivity contribution < 1.29 is 20.1 Å². The van der Waals surface area contributed by atoms with Gasteiger partial charge in [0.2, 0.25) is 0 Å². The molecule has 4 nitrogen and oxygen atoms in total. The van der Waals surface area contributed by atoms with Gasteiger partial charge >= 0.3 is 0 Å². The van der Waals surface area contributed by atoms with E-state index in [4.69, 9.17) is 4.74 Å². The molecule has 0 aliphatic carbocycles. The van der Waals surface area contributed by atoms with Crippen molar-refractivity contribution >= 4 is 6.08 Å². The van der Waals surface area contributed by atoms with Crippen LogP contribution in [0.4, 0.5) is 0 Å². The maximum atomic E-state index is 10.7. The molecule has 2 rings (SSSR count). The second kappa shape index (κ2) is 12.5. The van der Waals surface area contributed by atoms with Gasteiger partial charge in [-0.05, 0) is 67.5 Å². The van der Waals surface area contributed by atoms with E-state index in [1.54, 1.807) is 6.08 Å². The third-order valence-electron chi connectivity index (χ3n) is 5.66. The molecule has 0 aliphatic rings. The van der Waals surface area contributed by atoms with Crippen molar-refractivity contribution in [1.82, 2.24) is 0 Å². The molecule has 0 fully saturated rings. The first-order chi connectivity index (χ1) is 14.8. The molecule has 2 aromatic carbocycles. The average molecular weight is 425 g/mol. The standard InChI is InChI=1S/C27H36O4/c1-5-21(16-23-14-19(3)27(30)20(4)15-23)12-13-25(28)24(6-2)26(29)18-31-17-22-10-8-7-9-11-22/h6-11,14-16,24-26,28-30H,2,5,12-13,17-18H2,1,3-4H3/b21-16+/t24-,25-,26-/m1/s1. The number of hydrogen-bond donors (Lipinski definition) is 3. The number of ether oxygens (including phenoxy) is 1. The third kappa shape index (κ3) is 7.66. The van der Waals surface area contributed by atoms with Crippen LogP contribution in [0, 0.1) is 19.8 Å². The van der Waals surface area contributed by atoms with Crippen LogP contribution < -0.4 is 0 Å². The van der Waals surface area contributed by atoms with Gasteiger partial charge in [0.05, 0.1) is 25.4 Å². The smallest absolute Gasteiger partial charge is 0.121 e. The Morgan fingerprint density at radius 3 is 2.29 bits per heavy atom. The van der Waals surface area contributed by atoms with Gasteiger partial charge < -0.3 is 20.1 Å². The predicted octanol–water partition coefficient (Wildman–Crippen LogP) is 5.32. The Kier molecular flexibility index (Phi) is 9.99. The molecule has 0 bridgehead atoms. The van der Waals surface area contributed by atoms with Crippen molar-refractivity contribution in [3.05, 3.63) is 82.9 Å². The Hall–Kier alpha value is -2.40. The maximum Gasteiger partial charge on any atom is 0.121 e. The van der Waals surface area contributed by atoms with Crippen molar-refractivity contribution in [2.75, 3.05) is 6.61 Å². The maximum absolute atomic E-state index is 10.7. The molecular weight excluding hydrogens is 388 g/mol. The molecule has 0 heterocycles. The molecule has 0 saturated heterocycles. The van der Waals surface area contributed by atoms with Crippen molar-refractivity contribution in [2.45, 2.75) is 58.8 Å². The molecule has 0 aromatic heterocycles. The monoisotopic (exact) mass is 424 g/mol. The van der Waals surface area contributed by atoms with Crippen LogP contribution in [0.15, 0.2) is 60.7 Å². The number of aryl methyl sites for hydroxylation is 2. The van der Waals surface area contributed by atoms with Gasteiger partial charge in [0.1, 0.15) is 5.75 Å². The van der Waals surface area contributed by atoms with E-state index in [0.717, 1.165) is 35.1 Å². The Morgan fingerprint density at radius 1 is 1.06 bits per heavy atom. The van der Waals surface area contributed by atoms with Crippen LogP contribution in [-0.4, -0.2) is 34.1 Å². The minimum absolute atomic E-state index is 0.144. The molecule has 0 radical (unpaired) electrons. The molecule has 3 atom stereocenters. The van der Waals surface area contributed by atoms with Gasteiger partial charge in [-0.25, -0.2) is 0 Å². The summed E-state index contributed by atoms with van der Waals surface area (Å²) in [5, 5.41) is 31.2. The minimum atomic E-state index is -0.812. The van der Waals surface area contributed by atoms with Crippen LogP contribution in [-0.2, 0) is 11.3 Å². The largest absolute Gasteiger partial charge is 0.507 e. The lowest BCUT2D eigenvalue weighted by molar-refractivity contribution is -0.0273. The zero-order chi connectivity index (χ0) is 22.8. The van der Waals surface area contributed by atoms with E-state index < -0.39 is 18.1 Å². The summed E-state index contributed by atoms with van der Waals surface area (Å²) in [7, 11) is 0. The van der Waals surface area contributed by atoms with Gasteiger partial charge in [0, 0.05) is 5.92 Å². The summed E-state index contributed by atoms with van der Waals surface area (Å²) in [5.41, 5.74) is 5.01. The number of rotatable bonds is 12. The number of aliphatic hydroxyl groups excluding tert-OH is 2. The molecule has 2 aromatic rings. The van der Waals surface area contributed by atoms with E-state index in [1.165, 1.54) is 5.57 Å². The lowest BCUT2D eigenvalue weighted by Crippen LogP contribution is -2.33. The second-order valence-electron chi connectivity index (χ2n) is 8.15. The average Bonchev–Trinajstić information content (AvgIpc) is 2.76. The highest BCUT2D eigenvalue weighted by molar-refractivity contribution is 5.58. The van der Waals surface area contributed by atoms with Crippen LogP contribution in [0.3, 0.4) is 0 Å². The van der Waals surface area contributed by atoms with E-state index >= 15 is 0 Å². The van der Waals surface area contributed by atoms with Crippen molar-refractivity contribution in [1.29, 1.82) is 0 Å². The SMILES string of the molecule is C=C[C@H]([C@H](O)CC/C(=C/c1cc(C)c(O)c(C)c1)CC)[C@H](O)COCc1ccccc1. The fraction of sp³-hybridized carbons (Fsp3) is 0.407. The summed E-state index contributed by atoms with van der Waals surface area (Å²) in [6, 6.07) is 13.7. The fourth-order valence-electron chi connectivity index (χ4n) is 3.74. The number of aromatic hydroxyl groups is 1. The fourth-order valence-corrected chi connectivity index (χ4v) is 3.74. The van der Waals surface area contributed by atoms with Crippen LogP contribution >= 0.6 is 0 Å². The van der Waals surface area contributed by atoms with Crippen LogP contribution in [0.2, 0.25) is 0 Å². The molecule has 0 spiro atoms. The van der Waals surface area contributed by atoms with Gasteiger partial charge in [-0.1, -0.05) is 55.0 Å². The van der Waals surface area contributed by atoms with E-state index in [1.807, 2.05) is 56.3 Å². The summed E-state index contributed by atoms with van der Waals surface area (Å²) in [5.74, 6) is -0.116. The predicted molar refractivity (Wildman–Crippen MR) is 127 cm³/mol. The lowest BCUT2D eigenvalue weighted by Gasteiger charge is -2.25. The van der Waals surface area contributed by atoms with Gasteiger partial charge in [0.15, 0.2) is 0 Å². The number of allylic oxidation sites excluding steroid dienone is 1. The van der Waals surface area contributed by atoms with E-state index in [0.29, 0.717) is 18.8 Å². The third-order valence-corrected chi connectivity index (χ3v) is 5.66. The highest BCUT2D eigenvalue weighted by Gasteiger charge is 2.24. The molecule has 168 valence electrons. The van der Waals surface area contributed by atoms with Gasteiger partial charge in [-0.15, -0.1) is 6.58 Å². The molecule has 3 N–H and O–H groups in total. The first kappa shape index (κ1) is 24.9. The van der Waals surface area contributed by atoms with E-state index in [-0.39, 0.29) is 6.61 Å². The molecule has 0 amide bonds. The van der Waals surface area contributed by atoms with Gasteiger partial charge in [-0.3, -0.25) is 0 Å². The zero-order valence-electron chi connectivity index (χ0n) is 18.9. The Morgan fingerprint density at radius 2 is 1.71 bits per heavy atom. The topological polar surface area (TPSA) is 69.9 Å². The second-order valence-corrected chi connectivity index (χ2v) is 8.15. The molecule has 4 heteroatoms. The number of hydrogen-bond acceptors (Lipinski definition) is 4. The van der Waals surface area contributed by atoms with Crippen molar-refractivity contribution in [2.24, 2.45) is 5.92 Å². The Balaban J connectivity index is 1.91. The summed E-state index contributed by atoms with van der Waals surface area (Å²) < 4.78 is 5.63. The highest BCUT2D eigenvalue weighted by Crippen LogP contribution is 2.26. The lowest BCUT2D eigenvalue weighted by atomic mass is 9.91. The summed E-state index contributed by atoms with van der Waals surface area (Å²) in [6.45, 7) is 10.2. The summed E-state index contributed by atoms with van der Waals surface area (Å²) in [4.78, 5) is 0. The first-order valence-electron chi connectivity index (χ1n) is 11.0. The molecule has 31 heavy (non-hydrogen) atoms. The van der Waals surface area contributed by atoms with Crippen LogP contribution in [0.1, 0.15) is 48.4 Å². The molecular formula is C27H36O4. The summed E-state index contributed by atoms with van der Waals surface area (Å²) in [6.07, 6.45) is 4.34. The van der Waals surface area contributed by atoms with Gasteiger partial charge in [-0.2, -0.15) is 0 Å². The minimum Gasteiger partial charge on any atom is -0.507 e. The number of aliphatic hydroxyl groups is 2. The number of phenolic OH excluding ortho intramolecular Hbond substituents is 1. The number of benzene rings is 2. The first-order valence-corrected chi connectivity index (χ1v) is 11.0. The number of phenols is 1. The van der Waals surface area contributed by atoms with E-state index in [2.05, 4.69) is 19.6 Å². The Labute approximate surface area is 186 Å². The zero-order valence-corrected chi connectivity index (χ0v) is 18.9. The van der Waals surface area contributed by atoms with E-state index in [9.17, 15) is 15.3 Å². The molecule has 0 saturated carbocycles. The molecule has 0 unspecified atom stereocenters. The summed E-state index contributed by atoms with van der Waals surface area (Å²) >= 11 is 0.